The Kier molecular flexibility index (Phi) is 8.95. The van der Waals surface area contributed by atoms with Crippen molar-refractivity contribution < 1.29 is 35.9 Å². The van der Waals surface area contributed by atoms with Crippen molar-refractivity contribution in [3.8, 4) is 0 Å². The summed E-state index contributed by atoms with van der Waals surface area (Å²) in [7, 11) is 0. The van der Waals surface area contributed by atoms with Gasteiger partial charge in [-0.1, -0.05) is 30.3 Å². The number of ether oxygens (including phenoxy) is 1. The van der Waals surface area contributed by atoms with Gasteiger partial charge in [-0.05, 0) is 55.0 Å². The molecular weight excluding hydrogens is 510 g/mol. The zero-order valence-corrected chi connectivity index (χ0v) is 20.1. The number of likely N-dealkylation sites (tertiary alicyclic amines) is 1. The third-order valence-electron chi connectivity index (χ3n) is 6.43. The third kappa shape index (κ3) is 6.92. The van der Waals surface area contributed by atoms with Crippen molar-refractivity contribution >= 4 is 18.8 Å². The van der Waals surface area contributed by atoms with Gasteiger partial charge in [-0.3, -0.25) is 9.69 Å². The van der Waals surface area contributed by atoms with Gasteiger partial charge in [0.25, 0.3) is 0 Å². The second-order valence-electron chi connectivity index (χ2n) is 9.07. The molecule has 2 fully saturated rings. The van der Waals surface area contributed by atoms with Gasteiger partial charge in [0.1, 0.15) is 0 Å². The van der Waals surface area contributed by atoms with Crippen molar-refractivity contribution in [1.29, 1.82) is 0 Å². The van der Waals surface area contributed by atoms with Crippen LogP contribution in [-0.2, 0) is 28.5 Å². The van der Waals surface area contributed by atoms with Gasteiger partial charge in [0.2, 0.25) is 6.41 Å². The molecule has 1 amide bonds. The SMILES string of the molecule is Cl.O=CN(CN1CCC[C@H](OCc2cc(C(F)(F)F)cc(C(F)(F)F)c2)[C@@H]1c1ccccc1)C1CC1. The number of carbonyl (C=O) groups excluding carboxylic acids is 1. The maximum Gasteiger partial charge on any atom is 0.416 e. The van der Waals surface area contributed by atoms with Gasteiger partial charge in [-0.2, -0.15) is 26.3 Å². The number of hydrogen-bond acceptors (Lipinski definition) is 3. The molecule has 198 valence electrons. The number of halogens is 7. The highest BCUT2D eigenvalue weighted by Crippen LogP contribution is 2.38. The lowest BCUT2D eigenvalue weighted by atomic mass is 9.92. The van der Waals surface area contributed by atoms with Crippen LogP contribution in [0.15, 0.2) is 48.5 Å². The van der Waals surface area contributed by atoms with Crippen LogP contribution < -0.4 is 0 Å². The predicted molar refractivity (Wildman–Crippen MR) is 123 cm³/mol. The smallest absolute Gasteiger partial charge is 0.372 e. The van der Waals surface area contributed by atoms with Crippen molar-refractivity contribution in [1.82, 2.24) is 9.80 Å². The molecule has 0 spiro atoms. The molecule has 2 aliphatic rings. The Morgan fingerprint density at radius 1 is 0.944 bits per heavy atom. The molecule has 0 N–H and O–H groups in total. The monoisotopic (exact) mass is 536 g/mol. The normalized spacial score (nSPS) is 21.1. The molecule has 2 aromatic rings. The average molecular weight is 537 g/mol. The lowest BCUT2D eigenvalue weighted by molar-refractivity contribution is -0.143. The summed E-state index contributed by atoms with van der Waals surface area (Å²) >= 11 is 0. The Morgan fingerprint density at radius 2 is 1.56 bits per heavy atom. The summed E-state index contributed by atoms with van der Waals surface area (Å²) in [6, 6.07) is 10.8. The first-order valence-electron chi connectivity index (χ1n) is 11.5. The highest BCUT2D eigenvalue weighted by molar-refractivity contribution is 5.85. The lowest BCUT2D eigenvalue weighted by Crippen LogP contribution is -2.48. The summed E-state index contributed by atoms with van der Waals surface area (Å²) in [5.41, 5.74) is -1.99. The lowest BCUT2D eigenvalue weighted by Gasteiger charge is -2.43. The van der Waals surface area contributed by atoms with E-state index in [1.165, 1.54) is 0 Å². The topological polar surface area (TPSA) is 32.8 Å². The first-order chi connectivity index (χ1) is 16.6. The van der Waals surface area contributed by atoms with Crippen molar-refractivity contribution in [3.05, 3.63) is 70.8 Å². The van der Waals surface area contributed by atoms with Gasteiger partial charge in [0.05, 0.1) is 36.5 Å². The van der Waals surface area contributed by atoms with Crippen LogP contribution in [0.4, 0.5) is 26.3 Å². The van der Waals surface area contributed by atoms with Crippen LogP contribution >= 0.6 is 12.4 Å². The number of alkyl halides is 6. The number of amides is 1. The summed E-state index contributed by atoms with van der Waals surface area (Å²) in [6.45, 7) is 0.683. The summed E-state index contributed by atoms with van der Waals surface area (Å²) in [4.78, 5) is 15.4. The third-order valence-corrected chi connectivity index (χ3v) is 6.43. The molecule has 4 nitrogen and oxygen atoms in total. The predicted octanol–water partition coefficient (Wildman–Crippen LogP) is 6.45. The molecule has 1 heterocycles. The number of piperidine rings is 1. The maximum absolute atomic E-state index is 13.2. The van der Waals surface area contributed by atoms with E-state index in [0.717, 1.165) is 31.2 Å². The number of rotatable bonds is 8. The molecule has 0 radical (unpaired) electrons. The van der Waals surface area contributed by atoms with E-state index in [1.807, 2.05) is 30.3 Å². The molecule has 0 aromatic heterocycles. The van der Waals surface area contributed by atoms with Crippen molar-refractivity contribution in [2.45, 2.75) is 62.8 Å². The Bertz CT molecular complexity index is 982. The summed E-state index contributed by atoms with van der Waals surface area (Å²) in [5, 5.41) is 0. The summed E-state index contributed by atoms with van der Waals surface area (Å²) in [6.07, 6.45) is -6.27. The quantitative estimate of drug-likeness (QED) is 0.287. The maximum atomic E-state index is 13.2. The largest absolute Gasteiger partial charge is 0.416 e. The molecule has 2 atom stereocenters. The van der Waals surface area contributed by atoms with E-state index < -0.39 is 36.2 Å². The molecule has 36 heavy (non-hydrogen) atoms. The van der Waals surface area contributed by atoms with E-state index in [2.05, 4.69) is 4.90 Å². The number of hydrogen-bond donors (Lipinski definition) is 0. The zero-order valence-electron chi connectivity index (χ0n) is 19.3. The van der Waals surface area contributed by atoms with Crippen LogP contribution in [0.25, 0.3) is 0 Å². The fourth-order valence-corrected chi connectivity index (χ4v) is 4.59. The highest BCUT2D eigenvalue weighted by atomic mass is 35.5. The minimum absolute atomic E-state index is 0. The molecule has 1 saturated carbocycles. The number of nitrogens with zero attached hydrogens (tertiary/aromatic N) is 2. The average Bonchev–Trinajstić information content (AvgIpc) is 3.66. The number of carbonyl (C=O) groups is 1. The number of benzene rings is 2. The van der Waals surface area contributed by atoms with Gasteiger partial charge >= 0.3 is 12.4 Å². The van der Waals surface area contributed by atoms with Gasteiger partial charge < -0.3 is 9.64 Å². The first-order valence-corrected chi connectivity index (χ1v) is 11.5. The van der Waals surface area contributed by atoms with Crippen molar-refractivity contribution in [2.24, 2.45) is 0 Å². The van der Waals surface area contributed by atoms with Gasteiger partial charge in [-0.25, -0.2) is 0 Å². The Morgan fingerprint density at radius 3 is 2.08 bits per heavy atom. The molecule has 4 rings (SSSR count). The molecule has 0 bridgehead atoms. The molecule has 11 heteroatoms. The zero-order chi connectivity index (χ0) is 25.2. The molecule has 1 saturated heterocycles. The van der Waals surface area contributed by atoms with E-state index in [0.29, 0.717) is 31.8 Å². The second kappa shape index (κ2) is 11.4. The summed E-state index contributed by atoms with van der Waals surface area (Å²) < 4.78 is 85.5. The Labute approximate surface area is 211 Å². The fraction of sp³-hybridized carbons (Fsp3) is 0.480. The Hall–Kier alpha value is -2.30. The van der Waals surface area contributed by atoms with Crippen molar-refractivity contribution in [2.75, 3.05) is 13.2 Å². The van der Waals surface area contributed by atoms with Crippen molar-refractivity contribution in [3.63, 3.8) is 0 Å². The fourth-order valence-electron chi connectivity index (χ4n) is 4.59. The molecule has 0 unspecified atom stereocenters. The van der Waals surface area contributed by atoms with E-state index in [-0.39, 0.29) is 36.1 Å². The van der Waals surface area contributed by atoms with E-state index in [9.17, 15) is 31.1 Å². The van der Waals surface area contributed by atoms with Crippen LogP contribution in [0.2, 0.25) is 0 Å². The minimum atomic E-state index is -4.91. The van der Waals surface area contributed by atoms with E-state index in [4.69, 9.17) is 4.74 Å². The molecule has 2 aromatic carbocycles. The molecule has 1 aliphatic heterocycles. The highest BCUT2D eigenvalue weighted by Gasteiger charge is 2.39. The molecule has 1 aliphatic carbocycles. The van der Waals surface area contributed by atoms with Gasteiger partial charge in [-0.15, -0.1) is 12.4 Å². The molecular formula is C25H27ClF6N2O2. The van der Waals surface area contributed by atoms with Crippen LogP contribution in [0, 0.1) is 0 Å². The van der Waals surface area contributed by atoms with Crippen LogP contribution in [0.1, 0.15) is 54.0 Å². The first kappa shape index (κ1) is 28.3. The van der Waals surface area contributed by atoms with Gasteiger partial charge in [0, 0.05) is 12.6 Å². The Balaban J connectivity index is 0.00000361. The summed E-state index contributed by atoms with van der Waals surface area (Å²) in [5.74, 6) is 0. The van der Waals surface area contributed by atoms with Crippen LogP contribution in [0.3, 0.4) is 0 Å². The van der Waals surface area contributed by atoms with Gasteiger partial charge in [0.15, 0.2) is 0 Å². The second-order valence-corrected chi connectivity index (χ2v) is 9.07. The van der Waals surface area contributed by atoms with Crippen LogP contribution in [-0.4, -0.2) is 41.6 Å². The minimum Gasteiger partial charge on any atom is -0.372 e. The van der Waals surface area contributed by atoms with Crippen LogP contribution in [0.5, 0.6) is 0 Å². The van der Waals surface area contributed by atoms with E-state index in [1.54, 1.807) is 4.90 Å². The standard InChI is InChI=1S/C25H26F6N2O2.ClH/c26-24(27,28)19-11-17(12-20(13-19)25(29,30)31)14-35-22-7-4-10-32(15-33(16-34)21-8-9-21)23(22)18-5-2-1-3-6-18;/h1-3,5-6,11-13,16,21-23H,4,7-10,14-15H2;1H/t22-,23-;/m0./s1. The van der Waals surface area contributed by atoms with E-state index >= 15 is 0 Å².